The van der Waals surface area contributed by atoms with Gasteiger partial charge in [0.15, 0.2) is 0 Å². The number of amides is 1. The van der Waals surface area contributed by atoms with Crippen molar-refractivity contribution in [2.24, 2.45) is 0 Å². The number of hydrogen-bond donors (Lipinski definition) is 2. The Labute approximate surface area is 77.2 Å². The third-order valence-corrected chi connectivity index (χ3v) is 2.06. The number of thioether (sulfide) groups is 1. The Morgan fingerprint density at radius 3 is 3.00 bits per heavy atom. The van der Waals surface area contributed by atoms with E-state index in [9.17, 15) is 4.79 Å². The maximum atomic E-state index is 10.9. The summed E-state index contributed by atoms with van der Waals surface area (Å²) in [6.07, 6.45) is 2.39. The molecule has 0 aliphatic rings. The van der Waals surface area contributed by atoms with Crippen LogP contribution >= 0.6 is 11.8 Å². The minimum atomic E-state index is 0.0234. The van der Waals surface area contributed by atoms with Gasteiger partial charge in [0.05, 0.1) is 5.75 Å². The number of nitrogens with one attached hydrogen (secondary N) is 1. The van der Waals surface area contributed by atoms with Crippen LogP contribution in [-0.4, -0.2) is 35.7 Å². The molecule has 3 nitrogen and oxygen atoms in total. The van der Waals surface area contributed by atoms with E-state index in [2.05, 4.69) is 11.9 Å². The van der Waals surface area contributed by atoms with E-state index in [-0.39, 0.29) is 12.5 Å². The predicted molar refractivity (Wildman–Crippen MR) is 52.2 cm³/mol. The van der Waals surface area contributed by atoms with Crippen molar-refractivity contribution in [3.05, 3.63) is 12.7 Å². The summed E-state index contributed by atoms with van der Waals surface area (Å²) in [5, 5.41) is 11.1. The first-order chi connectivity index (χ1) is 5.81. The monoisotopic (exact) mass is 189 g/mol. The van der Waals surface area contributed by atoms with Crippen LogP contribution in [0.5, 0.6) is 0 Å². The Bertz CT molecular complexity index is 139. The molecule has 0 saturated carbocycles. The zero-order valence-corrected chi connectivity index (χ0v) is 7.90. The van der Waals surface area contributed by atoms with Crippen molar-refractivity contribution in [3.8, 4) is 0 Å². The van der Waals surface area contributed by atoms with Gasteiger partial charge >= 0.3 is 0 Å². The molecule has 0 atom stereocenters. The van der Waals surface area contributed by atoms with E-state index in [1.54, 1.807) is 6.08 Å². The minimum absolute atomic E-state index is 0.0234. The molecule has 0 aromatic heterocycles. The van der Waals surface area contributed by atoms with Crippen LogP contribution in [0.1, 0.15) is 6.42 Å². The van der Waals surface area contributed by atoms with Gasteiger partial charge in [-0.3, -0.25) is 4.79 Å². The summed E-state index contributed by atoms with van der Waals surface area (Å²) in [7, 11) is 0. The van der Waals surface area contributed by atoms with Gasteiger partial charge in [-0.2, -0.15) is 0 Å². The Kier molecular flexibility index (Phi) is 8.27. The lowest BCUT2D eigenvalue weighted by Gasteiger charge is -2.01. The highest BCUT2D eigenvalue weighted by Gasteiger charge is 1.98. The van der Waals surface area contributed by atoms with Crippen molar-refractivity contribution in [1.82, 2.24) is 5.32 Å². The van der Waals surface area contributed by atoms with E-state index >= 15 is 0 Å². The third-order valence-electron chi connectivity index (χ3n) is 1.13. The molecule has 0 unspecified atom stereocenters. The Balaban J connectivity index is 3.15. The second-order valence-corrected chi connectivity index (χ2v) is 3.26. The van der Waals surface area contributed by atoms with Crippen LogP contribution in [0.25, 0.3) is 0 Å². The number of aliphatic hydroxyl groups is 1. The molecule has 70 valence electrons. The highest BCUT2D eigenvalue weighted by Crippen LogP contribution is 1.97. The van der Waals surface area contributed by atoms with Crippen molar-refractivity contribution in [2.75, 3.05) is 24.7 Å². The van der Waals surface area contributed by atoms with Crippen molar-refractivity contribution in [3.63, 3.8) is 0 Å². The molecule has 4 heteroatoms. The lowest BCUT2D eigenvalue weighted by molar-refractivity contribution is -0.118. The summed E-state index contributed by atoms with van der Waals surface area (Å²) in [6.45, 7) is 4.23. The van der Waals surface area contributed by atoms with Gasteiger partial charge in [-0.25, -0.2) is 0 Å². The van der Waals surface area contributed by atoms with Crippen molar-refractivity contribution in [1.29, 1.82) is 0 Å². The summed E-state index contributed by atoms with van der Waals surface area (Å²) in [4.78, 5) is 10.9. The fourth-order valence-electron chi connectivity index (χ4n) is 0.593. The summed E-state index contributed by atoms with van der Waals surface area (Å²) >= 11 is 1.53. The fourth-order valence-corrected chi connectivity index (χ4v) is 1.16. The first kappa shape index (κ1) is 11.5. The normalized spacial score (nSPS) is 9.42. The average Bonchev–Trinajstić information content (AvgIpc) is 2.06. The topological polar surface area (TPSA) is 49.3 Å². The zero-order valence-electron chi connectivity index (χ0n) is 7.08. The summed E-state index contributed by atoms with van der Waals surface area (Å²) in [5.41, 5.74) is 0. The zero-order chi connectivity index (χ0) is 9.23. The van der Waals surface area contributed by atoms with E-state index in [0.717, 1.165) is 5.75 Å². The SMILES string of the molecule is C=CCSCC(=O)NCCCO. The van der Waals surface area contributed by atoms with Crippen LogP contribution in [0.4, 0.5) is 0 Å². The van der Waals surface area contributed by atoms with Gasteiger partial charge in [-0.15, -0.1) is 18.3 Å². The summed E-state index contributed by atoms with van der Waals surface area (Å²) in [6, 6.07) is 0. The van der Waals surface area contributed by atoms with Gasteiger partial charge < -0.3 is 10.4 Å². The molecule has 0 aromatic carbocycles. The molecule has 0 aromatic rings. The highest BCUT2D eigenvalue weighted by atomic mass is 32.2. The molecule has 0 spiro atoms. The molecule has 2 N–H and O–H groups in total. The number of carbonyl (C=O) groups is 1. The Morgan fingerprint density at radius 2 is 2.42 bits per heavy atom. The predicted octanol–water partition coefficient (Wildman–Crippen LogP) is 0.404. The van der Waals surface area contributed by atoms with E-state index in [4.69, 9.17) is 5.11 Å². The van der Waals surface area contributed by atoms with E-state index in [0.29, 0.717) is 18.7 Å². The van der Waals surface area contributed by atoms with E-state index in [1.807, 2.05) is 0 Å². The smallest absolute Gasteiger partial charge is 0.230 e. The molecular formula is C8H15NO2S. The van der Waals surface area contributed by atoms with Gasteiger partial charge in [0.25, 0.3) is 0 Å². The number of carbonyl (C=O) groups excluding carboxylic acids is 1. The minimum Gasteiger partial charge on any atom is -0.396 e. The molecule has 12 heavy (non-hydrogen) atoms. The standard InChI is InChI=1S/C8H15NO2S/c1-2-6-12-7-8(11)9-4-3-5-10/h2,10H,1,3-7H2,(H,9,11). The van der Waals surface area contributed by atoms with Crippen molar-refractivity contribution < 1.29 is 9.90 Å². The van der Waals surface area contributed by atoms with Crippen molar-refractivity contribution in [2.45, 2.75) is 6.42 Å². The molecule has 0 aliphatic heterocycles. The van der Waals surface area contributed by atoms with Gasteiger partial charge in [-0.05, 0) is 6.42 Å². The molecule has 0 heterocycles. The summed E-state index contributed by atoms with van der Waals surface area (Å²) < 4.78 is 0. The number of hydrogen-bond acceptors (Lipinski definition) is 3. The van der Waals surface area contributed by atoms with Crippen LogP contribution in [0, 0.1) is 0 Å². The molecule has 0 aliphatic carbocycles. The van der Waals surface area contributed by atoms with Gasteiger partial charge in [0.1, 0.15) is 0 Å². The van der Waals surface area contributed by atoms with Gasteiger partial charge in [0, 0.05) is 18.9 Å². The van der Waals surface area contributed by atoms with Gasteiger partial charge in [-0.1, -0.05) is 6.08 Å². The van der Waals surface area contributed by atoms with Crippen molar-refractivity contribution >= 4 is 17.7 Å². The van der Waals surface area contributed by atoms with E-state index < -0.39 is 0 Å². The maximum absolute atomic E-state index is 10.9. The van der Waals surface area contributed by atoms with Crippen LogP contribution in [-0.2, 0) is 4.79 Å². The molecule has 0 bridgehead atoms. The highest BCUT2D eigenvalue weighted by molar-refractivity contribution is 8.00. The average molecular weight is 189 g/mol. The van der Waals surface area contributed by atoms with Crippen LogP contribution in [0.2, 0.25) is 0 Å². The van der Waals surface area contributed by atoms with E-state index in [1.165, 1.54) is 11.8 Å². The third kappa shape index (κ3) is 7.63. The Morgan fingerprint density at radius 1 is 1.67 bits per heavy atom. The molecule has 0 rings (SSSR count). The Hall–Kier alpha value is -0.480. The number of rotatable bonds is 7. The first-order valence-corrected chi connectivity index (χ1v) is 5.03. The molecular weight excluding hydrogens is 174 g/mol. The molecule has 0 radical (unpaired) electrons. The molecule has 0 fully saturated rings. The quantitative estimate of drug-likeness (QED) is 0.450. The molecule has 1 amide bonds. The largest absolute Gasteiger partial charge is 0.396 e. The van der Waals surface area contributed by atoms with Crippen LogP contribution < -0.4 is 5.32 Å². The lowest BCUT2D eigenvalue weighted by atomic mass is 10.4. The van der Waals surface area contributed by atoms with Crippen LogP contribution in [0.3, 0.4) is 0 Å². The van der Waals surface area contributed by atoms with Gasteiger partial charge in [0.2, 0.25) is 5.91 Å². The van der Waals surface area contributed by atoms with Crippen LogP contribution in [0.15, 0.2) is 12.7 Å². The maximum Gasteiger partial charge on any atom is 0.230 e. The number of aliphatic hydroxyl groups excluding tert-OH is 1. The second kappa shape index (κ2) is 8.62. The second-order valence-electron chi connectivity index (χ2n) is 2.23. The summed E-state index contributed by atoms with van der Waals surface area (Å²) in [5.74, 6) is 1.29. The lowest BCUT2D eigenvalue weighted by Crippen LogP contribution is -2.26. The fraction of sp³-hybridized carbons (Fsp3) is 0.625. The first-order valence-electron chi connectivity index (χ1n) is 3.87. The molecule has 0 saturated heterocycles.